The third-order valence-electron chi connectivity index (χ3n) is 4.64. The number of rotatable bonds is 12. The number of benzene rings is 2. The van der Waals surface area contributed by atoms with Crippen molar-refractivity contribution >= 4 is 28.8 Å². The maximum absolute atomic E-state index is 12.7. The van der Waals surface area contributed by atoms with Crippen molar-refractivity contribution in [2.45, 2.75) is 44.3 Å². The summed E-state index contributed by atoms with van der Waals surface area (Å²) >= 11 is 1.43. The zero-order valence-corrected chi connectivity index (χ0v) is 18.9. The van der Waals surface area contributed by atoms with E-state index in [2.05, 4.69) is 9.30 Å². The first-order valence-corrected chi connectivity index (χ1v) is 11.4. The molecule has 0 radical (unpaired) electrons. The molecule has 0 atom stereocenters. The Balaban J connectivity index is 1.87. The van der Waals surface area contributed by atoms with E-state index in [1.165, 1.54) is 17.8 Å². The number of nitrogens with zero attached hydrogens (tertiary/aromatic N) is 2. The number of hydrogen-bond donors (Lipinski definition) is 0. The van der Waals surface area contributed by atoms with E-state index in [9.17, 15) is 13.6 Å². The van der Waals surface area contributed by atoms with E-state index in [1.807, 2.05) is 13.0 Å². The number of thioether (sulfide) groups is 1. The van der Waals surface area contributed by atoms with E-state index < -0.39 is 12.6 Å². The van der Waals surface area contributed by atoms with Crippen molar-refractivity contribution in [3.8, 4) is 5.75 Å². The van der Waals surface area contributed by atoms with E-state index in [0.717, 1.165) is 17.1 Å². The Labute approximate surface area is 189 Å². The van der Waals surface area contributed by atoms with Crippen LogP contribution in [0.5, 0.6) is 5.75 Å². The normalized spacial score (nSPS) is 11.3. The lowest BCUT2D eigenvalue weighted by Crippen LogP contribution is -2.06. The minimum atomic E-state index is -2.88. The van der Waals surface area contributed by atoms with Crippen LogP contribution in [0.2, 0.25) is 0 Å². The summed E-state index contributed by atoms with van der Waals surface area (Å²) in [6, 6.07) is 12.0. The SMILES string of the molecule is CCOCCCn1c(SCc2ccccc2OC(F)F)nc2cc(C(=O)OCC)ccc21. The maximum Gasteiger partial charge on any atom is 0.387 e. The van der Waals surface area contributed by atoms with Crippen LogP contribution >= 0.6 is 11.8 Å². The molecule has 1 heterocycles. The molecule has 3 aromatic rings. The number of alkyl halides is 2. The van der Waals surface area contributed by atoms with Gasteiger partial charge in [-0.1, -0.05) is 30.0 Å². The Morgan fingerprint density at radius 2 is 1.97 bits per heavy atom. The molecule has 9 heteroatoms. The maximum atomic E-state index is 12.7. The molecule has 0 saturated heterocycles. The molecule has 0 aliphatic heterocycles. The number of imidazole rings is 1. The minimum Gasteiger partial charge on any atom is -0.462 e. The van der Waals surface area contributed by atoms with Gasteiger partial charge < -0.3 is 18.8 Å². The van der Waals surface area contributed by atoms with Gasteiger partial charge in [-0.05, 0) is 44.5 Å². The molecule has 0 unspecified atom stereocenters. The zero-order chi connectivity index (χ0) is 22.9. The summed E-state index contributed by atoms with van der Waals surface area (Å²) in [7, 11) is 0. The van der Waals surface area contributed by atoms with Crippen LogP contribution < -0.4 is 4.74 Å². The summed E-state index contributed by atoms with van der Waals surface area (Å²) < 4.78 is 42.7. The Morgan fingerprint density at radius 1 is 1.16 bits per heavy atom. The Hall–Kier alpha value is -2.65. The average Bonchev–Trinajstić information content (AvgIpc) is 3.12. The number of aromatic nitrogens is 2. The van der Waals surface area contributed by atoms with Gasteiger partial charge in [-0.2, -0.15) is 8.78 Å². The van der Waals surface area contributed by atoms with Crippen molar-refractivity contribution in [3.05, 3.63) is 53.6 Å². The molecule has 0 N–H and O–H groups in total. The second-order valence-corrected chi connectivity index (χ2v) is 7.74. The number of esters is 1. The summed E-state index contributed by atoms with van der Waals surface area (Å²) in [5.41, 5.74) is 2.64. The van der Waals surface area contributed by atoms with E-state index in [-0.39, 0.29) is 5.75 Å². The number of carbonyl (C=O) groups is 1. The highest BCUT2D eigenvalue weighted by molar-refractivity contribution is 7.98. The van der Waals surface area contributed by atoms with Crippen LogP contribution in [0.15, 0.2) is 47.6 Å². The molecule has 172 valence electrons. The van der Waals surface area contributed by atoms with Crippen molar-refractivity contribution in [2.24, 2.45) is 0 Å². The van der Waals surface area contributed by atoms with Gasteiger partial charge in [0.25, 0.3) is 0 Å². The molecule has 0 amide bonds. The van der Waals surface area contributed by atoms with Crippen LogP contribution in [-0.2, 0) is 21.8 Å². The number of aryl methyl sites for hydroxylation is 1. The van der Waals surface area contributed by atoms with Crippen molar-refractivity contribution < 1.29 is 27.8 Å². The molecule has 0 bridgehead atoms. The molecule has 3 rings (SSSR count). The van der Waals surface area contributed by atoms with Crippen LogP contribution in [0.3, 0.4) is 0 Å². The fourth-order valence-corrected chi connectivity index (χ4v) is 4.25. The Bertz CT molecular complexity index is 1040. The molecule has 32 heavy (non-hydrogen) atoms. The minimum absolute atomic E-state index is 0.151. The predicted molar refractivity (Wildman–Crippen MR) is 119 cm³/mol. The largest absolute Gasteiger partial charge is 0.462 e. The van der Waals surface area contributed by atoms with Crippen LogP contribution in [0.4, 0.5) is 8.78 Å². The Kier molecular flexibility index (Phi) is 8.87. The van der Waals surface area contributed by atoms with Crippen LogP contribution in [0.25, 0.3) is 11.0 Å². The van der Waals surface area contributed by atoms with Gasteiger partial charge in [0.05, 0.1) is 23.2 Å². The molecular weight excluding hydrogens is 438 g/mol. The lowest BCUT2D eigenvalue weighted by molar-refractivity contribution is -0.0503. The average molecular weight is 465 g/mol. The van der Waals surface area contributed by atoms with E-state index in [4.69, 9.17) is 14.5 Å². The lowest BCUT2D eigenvalue weighted by Gasteiger charge is -2.12. The third-order valence-corrected chi connectivity index (χ3v) is 5.67. The van der Waals surface area contributed by atoms with Gasteiger partial charge in [-0.15, -0.1) is 0 Å². The highest BCUT2D eigenvalue weighted by Gasteiger charge is 2.16. The van der Waals surface area contributed by atoms with E-state index in [1.54, 1.807) is 37.3 Å². The van der Waals surface area contributed by atoms with Crippen LogP contribution in [0, 0.1) is 0 Å². The topological polar surface area (TPSA) is 62.6 Å². The highest BCUT2D eigenvalue weighted by Crippen LogP contribution is 2.31. The summed E-state index contributed by atoms with van der Waals surface area (Å²) in [5.74, 6) is 0.161. The highest BCUT2D eigenvalue weighted by atomic mass is 32.2. The third kappa shape index (κ3) is 6.20. The van der Waals surface area contributed by atoms with E-state index in [0.29, 0.717) is 48.8 Å². The molecule has 1 aromatic heterocycles. The lowest BCUT2D eigenvalue weighted by atomic mass is 10.2. The number of carbonyl (C=O) groups excluding carboxylic acids is 1. The molecule has 0 spiro atoms. The first kappa shape index (κ1) is 24.0. The monoisotopic (exact) mass is 464 g/mol. The van der Waals surface area contributed by atoms with Crippen molar-refractivity contribution in [2.75, 3.05) is 19.8 Å². The predicted octanol–water partition coefficient (Wildman–Crippen LogP) is 5.53. The number of para-hydroxylation sites is 1. The summed E-state index contributed by atoms with van der Waals surface area (Å²) in [6.45, 7) is 3.06. The second kappa shape index (κ2) is 11.8. The number of hydrogen-bond acceptors (Lipinski definition) is 6. The summed E-state index contributed by atoms with van der Waals surface area (Å²) in [5, 5.41) is 0.726. The van der Waals surface area contributed by atoms with Gasteiger partial charge >= 0.3 is 12.6 Å². The molecule has 6 nitrogen and oxygen atoms in total. The first-order chi connectivity index (χ1) is 15.5. The number of fused-ring (bicyclic) bond motifs is 1. The van der Waals surface area contributed by atoms with Gasteiger partial charge in [-0.25, -0.2) is 9.78 Å². The van der Waals surface area contributed by atoms with Gasteiger partial charge in [0.15, 0.2) is 5.16 Å². The molecule has 2 aromatic carbocycles. The molecule has 0 aliphatic rings. The summed E-state index contributed by atoms with van der Waals surface area (Å²) in [6.07, 6.45) is 0.789. The zero-order valence-electron chi connectivity index (χ0n) is 18.1. The molecule has 0 saturated carbocycles. The number of halogens is 2. The van der Waals surface area contributed by atoms with Crippen molar-refractivity contribution in [1.29, 1.82) is 0 Å². The van der Waals surface area contributed by atoms with Crippen molar-refractivity contribution in [3.63, 3.8) is 0 Å². The Morgan fingerprint density at radius 3 is 2.72 bits per heavy atom. The quantitative estimate of drug-likeness (QED) is 0.199. The van der Waals surface area contributed by atoms with Gasteiger partial charge in [0, 0.05) is 31.1 Å². The second-order valence-electron chi connectivity index (χ2n) is 6.80. The molecule has 0 aliphatic carbocycles. The smallest absolute Gasteiger partial charge is 0.387 e. The van der Waals surface area contributed by atoms with Crippen LogP contribution in [-0.4, -0.2) is 42.0 Å². The fraction of sp³-hybridized carbons (Fsp3) is 0.391. The summed E-state index contributed by atoms with van der Waals surface area (Å²) in [4.78, 5) is 16.8. The molecule has 0 fully saturated rings. The van der Waals surface area contributed by atoms with Gasteiger partial charge in [0.1, 0.15) is 5.75 Å². The van der Waals surface area contributed by atoms with Crippen LogP contribution in [0.1, 0.15) is 36.2 Å². The number of ether oxygens (including phenoxy) is 3. The van der Waals surface area contributed by atoms with Crippen molar-refractivity contribution in [1.82, 2.24) is 9.55 Å². The first-order valence-electron chi connectivity index (χ1n) is 10.4. The standard InChI is InChI=1S/C23H26F2N2O4S/c1-3-29-13-7-12-27-19-11-10-16(21(28)30-4-2)14-18(19)26-23(27)32-15-17-8-5-6-9-20(17)31-22(24)25/h5-6,8-11,14,22H,3-4,7,12-13,15H2,1-2H3. The fourth-order valence-electron chi connectivity index (χ4n) is 3.22. The molecular formula is C23H26F2N2O4S. The van der Waals surface area contributed by atoms with E-state index >= 15 is 0 Å². The van der Waals surface area contributed by atoms with Gasteiger partial charge in [-0.3, -0.25) is 0 Å². The van der Waals surface area contributed by atoms with Gasteiger partial charge in [0.2, 0.25) is 0 Å².